The van der Waals surface area contributed by atoms with Crippen molar-refractivity contribution >= 4 is 27.9 Å². The van der Waals surface area contributed by atoms with E-state index in [9.17, 15) is 10.1 Å². The van der Waals surface area contributed by atoms with E-state index < -0.39 is 0 Å². The number of hydrogen-bond acceptors (Lipinski definition) is 7. The van der Waals surface area contributed by atoms with Crippen molar-refractivity contribution in [3.63, 3.8) is 0 Å². The van der Waals surface area contributed by atoms with Gasteiger partial charge >= 0.3 is 0 Å². The number of aryl methyl sites for hydroxylation is 2. The summed E-state index contributed by atoms with van der Waals surface area (Å²) < 4.78 is 5.51. The number of anilines is 1. The number of hydrogen-bond donors (Lipinski definition) is 0. The summed E-state index contributed by atoms with van der Waals surface area (Å²) in [6.07, 6.45) is 5.50. The third-order valence-electron chi connectivity index (χ3n) is 7.90. The van der Waals surface area contributed by atoms with Crippen molar-refractivity contribution in [2.75, 3.05) is 18.0 Å². The second-order valence-electron chi connectivity index (χ2n) is 9.86. The highest BCUT2D eigenvalue weighted by Gasteiger charge is 2.37. The maximum atomic E-state index is 12.9. The fourth-order valence-electron chi connectivity index (χ4n) is 5.84. The first kappa shape index (κ1) is 25.0. The van der Waals surface area contributed by atoms with Crippen molar-refractivity contribution in [1.82, 2.24) is 33.8 Å². The van der Waals surface area contributed by atoms with Gasteiger partial charge < -0.3 is 14.0 Å². The minimum absolute atomic E-state index is 0.0677. The molecule has 4 aromatic heterocycles. The van der Waals surface area contributed by atoms with Crippen LogP contribution >= 0.6 is 0 Å². The van der Waals surface area contributed by atoms with Gasteiger partial charge in [-0.3, -0.25) is 14.4 Å². The number of fused-ring (bicyclic) bond motifs is 2. The maximum Gasteiger partial charge on any atom is 0.252 e. The Morgan fingerprint density at radius 2 is 1.95 bits per heavy atom. The Hall–Kier alpha value is -3.71. The normalized spacial score (nSPS) is 19.5. The molecule has 0 spiro atoms. The number of aromatic nitrogens is 6. The summed E-state index contributed by atoms with van der Waals surface area (Å²) >= 11 is 0. The van der Waals surface area contributed by atoms with E-state index in [2.05, 4.69) is 59.2 Å². The van der Waals surface area contributed by atoms with Crippen molar-refractivity contribution in [3.8, 4) is 6.07 Å². The van der Waals surface area contributed by atoms with E-state index >= 15 is 0 Å². The zero-order valence-corrected chi connectivity index (χ0v) is 22.3. The van der Waals surface area contributed by atoms with E-state index in [1.54, 1.807) is 34.8 Å². The van der Waals surface area contributed by atoms with Crippen molar-refractivity contribution in [2.45, 2.75) is 71.8 Å². The smallest absolute Gasteiger partial charge is 0.252 e. The minimum atomic E-state index is -0.0677. The largest absolute Gasteiger partial charge is 0.364 e. The lowest BCUT2D eigenvalue weighted by Crippen LogP contribution is -2.59. The first-order chi connectivity index (χ1) is 17.9. The van der Waals surface area contributed by atoms with Crippen LogP contribution < -0.4 is 10.5 Å². The van der Waals surface area contributed by atoms with Crippen LogP contribution in [0, 0.1) is 11.3 Å². The Labute approximate surface area is 216 Å². The van der Waals surface area contributed by atoms with Crippen LogP contribution in [0.25, 0.3) is 22.2 Å². The summed E-state index contributed by atoms with van der Waals surface area (Å²) in [6.45, 7) is 11.5. The van der Waals surface area contributed by atoms with Crippen molar-refractivity contribution in [1.29, 1.82) is 5.26 Å². The lowest BCUT2D eigenvalue weighted by atomic mass is 9.99. The summed E-state index contributed by atoms with van der Waals surface area (Å²) in [5.41, 5.74) is 4.17. The van der Waals surface area contributed by atoms with Crippen LogP contribution in [0.15, 0.2) is 35.4 Å². The third-order valence-corrected chi connectivity index (χ3v) is 7.90. The Morgan fingerprint density at radius 3 is 2.65 bits per heavy atom. The number of nitriles is 1. The van der Waals surface area contributed by atoms with Gasteiger partial charge in [0.1, 0.15) is 17.9 Å². The van der Waals surface area contributed by atoms with Gasteiger partial charge in [-0.05, 0) is 38.8 Å². The fourth-order valence-corrected chi connectivity index (χ4v) is 5.84. The molecule has 0 bridgehead atoms. The Bertz CT molecular complexity index is 1520. The molecule has 3 atom stereocenters. The molecule has 10 heteroatoms. The summed E-state index contributed by atoms with van der Waals surface area (Å²) in [4.78, 5) is 27.3. The first-order valence-electron chi connectivity index (χ1n) is 13.2. The second-order valence-corrected chi connectivity index (χ2v) is 9.86. The molecule has 10 nitrogen and oxygen atoms in total. The third kappa shape index (κ3) is 4.17. The zero-order valence-electron chi connectivity index (χ0n) is 22.3. The molecule has 0 radical (unpaired) electrons. The van der Waals surface area contributed by atoms with Gasteiger partial charge in [-0.25, -0.2) is 9.97 Å². The standard InChI is InChI=1S/C27H35N9O/c1-6-19-16-36(22-14-24(37)32(5)23-17-33(13-11-28)31-25(22)23)20(7-2)15-35(19)18(4)27-30-26-21(34(27)8-3)10-9-12-29-26/h9-10,12,14,17-20H,6-8,13,15-16H2,1-5H3/t18-,19-,20+/m1/s1. The van der Waals surface area contributed by atoms with Crippen LogP contribution in [0.3, 0.4) is 0 Å². The number of nitrogens with zero attached hydrogens (tertiary/aromatic N) is 9. The van der Waals surface area contributed by atoms with Gasteiger partial charge in [0.05, 0.1) is 35.0 Å². The average molecular weight is 502 g/mol. The molecule has 1 fully saturated rings. The van der Waals surface area contributed by atoms with Crippen LogP contribution in [0.1, 0.15) is 52.4 Å². The zero-order chi connectivity index (χ0) is 26.3. The highest BCUT2D eigenvalue weighted by Crippen LogP contribution is 2.34. The highest BCUT2D eigenvalue weighted by molar-refractivity contribution is 5.88. The predicted octanol–water partition coefficient (Wildman–Crippen LogP) is 3.46. The van der Waals surface area contributed by atoms with Crippen molar-refractivity contribution < 1.29 is 0 Å². The van der Waals surface area contributed by atoms with Crippen LogP contribution in [0.2, 0.25) is 0 Å². The molecule has 1 aliphatic heterocycles. The summed E-state index contributed by atoms with van der Waals surface area (Å²) in [5.74, 6) is 1.05. The topological polar surface area (TPSA) is 101 Å². The Balaban J connectivity index is 1.53. The van der Waals surface area contributed by atoms with Crippen molar-refractivity contribution in [3.05, 3.63) is 46.8 Å². The van der Waals surface area contributed by atoms with Gasteiger partial charge in [0.2, 0.25) is 0 Å². The molecule has 0 saturated carbocycles. The molecule has 1 aliphatic rings. The summed E-state index contributed by atoms with van der Waals surface area (Å²) in [6, 6.07) is 8.51. The van der Waals surface area contributed by atoms with Crippen LogP contribution in [-0.4, -0.2) is 59.0 Å². The Kier molecular flexibility index (Phi) is 6.73. The number of pyridine rings is 2. The molecule has 0 aromatic carbocycles. The van der Waals surface area contributed by atoms with Crippen LogP contribution in [0.4, 0.5) is 5.69 Å². The molecule has 5 rings (SSSR count). The molecule has 0 N–H and O–H groups in total. The fraction of sp³-hybridized carbons (Fsp3) is 0.519. The van der Waals surface area contributed by atoms with E-state index in [-0.39, 0.29) is 30.2 Å². The monoisotopic (exact) mass is 501 g/mol. The second kappa shape index (κ2) is 9.98. The maximum absolute atomic E-state index is 12.9. The molecule has 0 aliphatic carbocycles. The van der Waals surface area contributed by atoms with Gasteiger partial charge in [0.15, 0.2) is 5.65 Å². The average Bonchev–Trinajstić information content (AvgIpc) is 3.51. The van der Waals surface area contributed by atoms with Gasteiger partial charge in [0.25, 0.3) is 5.56 Å². The molecule has 0 amide bonds. The summed E-state index contributed by atoms with van der Waals surface area (Å²) in [7, 11) is 1.76. The number of imidazole rings is 1. The molecule has 194 valence electrons. The minimum Gasteiger partial charge on any atom is -0.364 e. The molecule has 5 heterocycles. The Morgan fingerprint density at radius 1 is 1.16 bits per heavy atom. The number of rotatable bonds is 7. The molecule has 0 unspecified atom stereocenters. The van der Waals surface area contributed by atoms with Gasteiger partial charge in [-0.15, -0.1) is 0 Å². The van der Waals surface area contributed by atoms with E-state index in [1.165, 1.54) is 0 Å². The van der Waals surface area contributed by atoms with Crippen molar-refractivity contribution in [2.24, 2.45) is 7.05 Å². The SMILES string of the molecule is CC[C@H]1CN([C@H](C)c2nc3ncccc3n2CC)[C@H](CC)CN1c1cc(=O)n(C)c2cn(CC#N)nc12. The quantitative estimate of drug-likeness (QED) is 0.382. The predicted molar refractivity (Wildman–Crippen MR) is 144 cm³/mol. The van der Waals surface area contributed by atoms with Crippen LogP contribution in [-0.2, 0) is 20.1 Å². The molecular weight excluding hydrogens is 466 g/mol. The van der Waals surface area contributed by atoms with E-state index in [0.29, 0.717) is 0 Å². The van der Waals surface area contributed by atoms with Gasteiger partial charge in [0, 0.05) is 51.0 Å². The molecule has 4 aromatic rings. The highest BCUT2D eigenvalue weighted by atomic mass is 16.1. The van der Waals surface area contributed by atoms with E-state index in [1.807, 2.05) is 6.07 Å². The molecular formula is C27H35N9O. The van der Waals surface area contributed by atoms with E-state index in [0.717, 1.165) is 66.2 Å². The molecule has 1 saturated heterocycles. The van der Waals surface area contributed by atoms with Gasteiger partial charge in [-0.1, -0.05) is 13.8 Å². The molecule has 37 heavy (non-hydrogen) atoms. The lowest BCUT2D eigenvalue weighted by Gasteiger charge is -2.49. The van der Waals surface area contributed by atoms with Gasteiger partial charge in [-0.2, -0.15) is 10.4 Å². The van der Waals surface area contributed by atoms with E-state index in [4.69, 9.17) is 10.1 Å². The number of piperazine rings is 1. The lowest BCUT2D eigenvalue weighted by molar-refractivity contribution is 0.0954. The van der Waals surface area contributed by atoms with Crippen LogP contribution in [0.5, 0.6) is 0 Å². The first-order valence-corrected chi connectivity index (χ1v) is 13.2. The summed E-state index contributed by atoms with van der Waals surface area (Å²) in [5, 5.41) is 13.9.